The molecule has 0 radical (unpaired) electrons. The summed E-state index contributed by atoms with van der Waals surface area (Å²) in [6, 6.07) is 17.4. The third-order valence-corrected chi connectivity index (χ3v) is 6.42. The molecule has 168 valence electrons. The average molecular weight is 425 g/mol. The minimum Gasteiger partial charge on any atom is -0.380 e. The van der Waals surface area contributed by atoms with Gasteiger partial charge < -0.3 is 18.9 Å². The molecular formula is C27H36O4. The van der Waals surface area contributed by atoms with Crippen LogP contribution in [0.2, 0.25) is 0 Å². The molecule has 0 unspecified atom stereocenters. The molecule has 31 heavy (non-hydrogen) atoms. The minimum absolute atomic E-state index is 0.202. The third kappa shape index (κ3) is 5.95. The van der Waals surface area contributed by atoms with Gasteiger partial charge in [0.1, 0.15) is 0 Å². The summed E-state index contributed by atoms with van der Waals surface area (Å²) >= 11 is 0. The fraction of sp³-hybridized carbons (Fsp3) is 0.556. The normalized spacial score (nSPS) is 18.9. The highest BCUT2D eigenvalue weighted by Gasteiger charge is 2.38. The average Bonchev–Trinajstić information content (AvgIpc) is 2.75. The van der Waals surface area contributed by atoms with Crippen LogP contribution in [-0.4, -0.2) is 39.6 Å². The van der Waals surface area contributed by atoms with Crippen molar-refractivity contribution in [2.75, 3.05) is 39.6 Å². The molecular weight excluding hydrogens is 388 g/mol. The summed E-state index contributed by atoms with van der Waals surface area (Å²) in [6.45, 7) is 10.6. The maximum Gasteiger partial charge on any atom is 0.0717 e. The van der Waals surface area contributed by atoms with Crippen LogP contribution in [0.3, 0.4) is 0 Å². The van der Waals surface area contributed by atoms with Crippen LogP contribution in [0.1, 0.15) is 44.2 Å². The van der Waals surface area contributed by atoms with Gasteiger partial charge in [0.25, 0.3) is 0 Å². The Morgan fingerprint density at radius 1 is 0.742 bits per heavy atom. The predicted octanol–water partition coefficient (Wildman–Crippen LogP) is 5.63. The van der Waals surface area contributed by atoms with E-state index in [2.05, 4.69) is 62.4 Å². The SMILES string of the molecule is CCCCC1(COCc2ccc(-c3ccc(COCC4(C)COC4)cc3)cc2)COC1. The van der Waals surface area contributed by atoms with E-state index in [1.807, 2.05) is 0 Å². The van der Waals surface area contributed by atoms with Gasteiger partial charge in [-0.15, -0.1) is 0 Å². The molecule has 4 heteroatoms. The summed E-state index contributed by atoms with van der Waals surface area (Å²) in [6.07, 6.45) is 3.68. The highest BCUT2D eigenvalue weighted by molar-refractivity contribution is 5.63. The second kappa shape index (κ2) is 10.3. The summed E-state index contributed by atoms with van der Waals surface area (Å²) < 4.78 is 22.7. The lowest BCUT2D eigenvalue weighted by Gasteiger charge is -2.41. The zero-order valence-corrected chi connectivity index (χ0v) is 19.0. The Morgan fingerprint density at radius 3 is 1.68 bits per heavy atom. The van der Waals surface area contributed by atoms with E-state index in [0.717, 1.165) is 39.6 Å². The van der Waals surface area contributed by atoms with Gasteiger partial charge in [-0.05, 0) is 28.7 Å². The minimum atomic E-state index is 0.202. The molecule has 4 nitrogen and oxygen atoms in total. The number of unbranched alkanes of at least 4 members (excludes halogenated alkanes) is 1. The van der Waals surface area contributed by atoms with Crippen LogP contribution in [0, 0.1) is 10.8 Å². The van der Waals surface area contributed by atoms with Crippen molar-refractivity contribution in [1.29, 1.82) is 0 Å². The van der Waals surface area contributed by atoms with Crippen molar-refractivity contribution in [1.82, 2.24) is 0 Å². The molecule has 2 aliphatic rings. The molecule has 2 aromatic rings. The van der Waals surface area contributed by atoms with Gasteiger partial charge in [0.15, 0.2) is 0 Å². The molecule has 0 amide bonds. The summed E-state index contributed by atoms with van der Waals surface area (Å²) in [5.74, 6) is 0. The van der Waals surface area contributed by atoms with Crippen molar-refractivity contribution in [2.24, 2.45) is 10.8 Å². The molecule has 0 spiro atoms. The molecule has 2 heterocycles. The lowest BCUT2D eigenvalue weighted by atomic mass is 9.82. The molecule has 4 rings (SSSR count). The number of benzene rings is 2. The molecule has 2 aliphatic heterocycles. The first-order valence-electron chi connectivity index (χ1n) is 11.6. The lowest BCUT2D eigenvalue weighted by Crippen LogP contribution is -2.46. The van der Waals surface area contributed by atoms with Crippen molar-refractivity contribution < 1.29 is 18.9 Å². The van der Waals surface area contributed by atoms with Crippen LogP contribution in [0.5, 0.6) is 0 Å². The Kier molecular flexibility index (Phi) is 7.44. The molecule has 2 aromatic carbocycles. The van der Waals surface area contributed by atoms with Gasteiger partial charge >= 0.3 is 0 Å². The molecule has 2 saturated heterocycles. The van der Waals surface area contributed by atoms with E-state index in [1.54, 1.807) is 0 Å². The van der Waals surface area contributed by atoms with E-state index in [-0.39, 0.29) is 10.8 Å². The van der Waals surface area contributed by atoms with Crippen LogP contribution < -0.4 is 0 Å². The van der Waals surface area contributed by atoms with Gasteiger partial charge in [-0.2, -0.15) is 0 Å². The molecule has 0 atom stereocenters. The Labute approximate surface area is 186 Å². The molecule has 0 aliphatic carbocycles. The second-order valence-corrected chi connectivity index (χ2v) is 9.78. The zero-order chi connectivity index (χ0) is 21.6. The Hall–Kier alpha value is -1.72. The monoisotopic (exact) mass is 424 g/mol. The molecule has 0 saturated carbocycles. The first-order valence-corrected chi connectivity index (χ1v) is 11.6. The van der Waals surface area contributed by atoms with Crippen LogP contribution in [0.4, 0.5) is 0 Å². The van der Waals surface area contributed by atoms with E-state index < -0.39 is 0 Å². The number of ether oxygens (including phenoxy) is 4. The van der Waals surface area contributed by atoms with E-state index >= 15 is 0 Å². The fourth-order valence-corrected chi connectivity index (χ4v) is 4.16. The van der Waals surface area contributed by atoms with Crippen LogP contribution >= 0.6 is 0 Å². The summed E-state index contributed by atoms with van der Waals surface area (Å²) in [7, 11) is 0. The summed E-state index contributed by atoms with van der Waals surface area (Å²) in [4.78, 5) is 0. The maximum atomic E-state index is 6.06. The summed E-state index contributed by atoms with van der Waals surface area (Å²) in [5.41, 5.74) is 5.32. The molecule has 0 N–H and O–H groups in total. The van der Waals surface area contributed by atoms with Gasteiger partial charge in [0, 0.05) is 10.8 Å². The van der Waals surface area contributed by atoms with Gasteiger partial charge in [-0.3, -0.25) is 0 Å². The smallest absolute Gasteiger partial charge is 0.0717 e. The predicted molar refractivity (Wildman–Crippen MR) is 123 cm³/mol. The first-order chi connectivity index (χ1) is 15.1. The number of rotatable bonds is 12. The van der Waals surface area contributed by atoms with E-state index in [1.165, 1.54) is 41.5 Å². The Bertz CT molecular complexity index is 804. The fourth-order valence-electron chi connectivity index (χ4n) is 4.16. The van der Waals surface area contributed by atoms with Crippen molar-refractivity contribution >= 4 is 0 Å². The maximum absolute atomic E-state index is 6.06. The first kappa shape index (κ1) is 22.5. The van der Waals surface area contributed by atoms with E-state index in [0.29, 0.717) is 13.2 Å². The van der Waals surface area contributed by atoms with Crippen LogP contribution in [0.25, 0.3) is 11.1 Å². The van der Waals surface area contributed by atoms with E-state index in [4.69, 9.17) is 18.9 Å². The molecule has 0 bridgehead atoms. The highest BCUT2D eigenvalue weighted by Crippen LogP contribution is 2.34. The molecule has 2 fully saturated rings. The van der Waals surface area contributed by atoms with Crippen molar-refractivity contribution in [3.8, 4) is 11.1 Å². The largest absolute Gasteiger partial charge is 0.380 e. The van der Waals surface area contributed by atoms with E-state index in [9.17, 15) is 0 Å². The third-order valence-electron chi connectivity index (χ3n) is 6.42. The van der Waals surface area contributed by atoms with Gasteiger partial charge in [0.2, 0.25) is 0 Å². The van der Waals surface area contributed by atoms with Crippen molar-refractivity contribution in [3.63, 3.8) is 0 Å². The zero-order valence-electron chi connectivity index (χ0n) is 19.0. The topological polar surface area (TPSA) is 36.9 Å². The van der Waals surface area contributed by atoms with Crippen molar-refractivity contribution in [3.05, 3.63) is 59.7 Å². The van der Waals surface area contributed by atoms with Crippen molar-refractivity contribution in [2.45, 2.75) is 46.3 Å². The second-order valence-electron chi connectivity index (χ2n) is 9.78. The van der Waals surface area contributed by atoms with Gasteiger partial charge in [-0.25, -0.2) is 0 Å². The molecule has 0 aromatic heterocycles. The quantitative estimate of drug-likeness (QED) is 0.442. The highest BCUT2D eigenvalue weighted by atomic mass is 16.5. The standard InChI is InChI=1S/C27H36O4/c1-3-4-13-27(20-31-21-27)19-29-15-23-7-11-25(12-8-23)24-9-5-22(6-10-24)14-28-16-26(2)17-30-18-26/h5-12H,3-4,13-21H2,1-2H3. The Morgan fingerprint density at radius 2 is 1.26 bits per heavy atom. The summed E-state index contributed by atoms with van der Waals surface area (Å²) in [5, 5.41) is 0. The van der Waals surface area contributed by atoms with Gasteiger partial charge in [-0.1, -0.05) is 75.2 Å². The number of hydrogen-bond donors (Lipinski definition) is 0. The Balaban J connectivity index is 1.23. The van der Waals surface area contributed by atoms with Gasteiger partial charge in [0.05, 0.1) is 52.9 Å². The van der Waals surface area contributed by atoms with Crippen LogP contribution in [0.15, 0.2) is 48.5 Å². The van der Waals surface area contributed by atoms with Crippen LogP contribution in [-0.2, 0) is 32.2 Å². The number of hydrogen-bond acceptors (Lipinski definition) is 4. The lowest BCUT2D eigenvalue weighted by molar-refractivity contribution is -0.155.